The minimum absolute atomic E-state index is 0.0203. The van der Waals surface area contributed by atoms with Crippen LogP contribution in [0.15, 0.2) is 33.5 Å². The fourth-order valence-corrected chi connectivity index (χ4v) is 1.91. The molecule has 0 radical (unpaired) electrons. The second kappa shape index (κ2) is 5.48. The highest BCUT2D eigenvalue weighted by Crippen LogP contribution is 2.16. The van der Waals surface area contributed by atoms with Crippen LogP contribution in [-0.2, 0) is 11.2 Å². The molecule has 0 spiro atoms. The highest BCUT2D eigenvalue weighted by atomic mass is 16.3. The van der Waals surface area contributed by atoms with Gasteiger partial charge in [-0.1, -0.05) is 12.1 Å². The lowest BCUT2D eigenvalue weighted by Gasteiger charge is -2.07. The van der Waals surface area contributed by atoms with E-state index in [1.165, 1.54) is 7.05 Å². The molecule has 0 fully saturated rings. The van der Waals surface area contributed by atoms with E-state index in [0.717, 1.165) is 0 Å². The highest BCUT2D eigenvalue weighted by molar-refractivity contribution is 5.94. The average molecular weight is 259 g/mol. The second-order valence-corrected chi connectivity index (χ2v) is 4.02. The van der Waals surface area contributed by atoms with Gasteiger partial charge in [0.1, 0.15) is 11.9 Å². The van der Waals surface area contributed by atoms with E-state index in [4.69, 9.17) is 4.42 Å². The molecule has 0 bridgehead atoms. The zero-order valence-corrected chi connectivity index (χ0v) is 10.4. The van der Waals surface area contributed by atoms with Crippen molar-refractivity contribution in [2.75, 3.05) is 7.05 Å². The number of benzene rings is 1. The molecular formula is C14H13NO4. The van der Waals surface area contributed by atoms with Gasteiger partial charge in [-0.15, -0.1) is 0 Å². The summed E-state index contributed by atoms with van der Waals surface area (Å²) in [5.41, 5.74) is 0.341. The molecule has 2 rings (SSSR count). The summed E-state index contributed by atoms with van der Waals surface area (Å²) >= 11 is 0. The van der Waals surface area contributed by atoms with E-state index in [1.807, 2.05) is 0 Å². The number of hydrogen-bond donors (Lipinski definition) is 1. The average Bonchev–Trinajstić information content (AvgIpc) is 2.45. The maximum Gasteiger partial charge on any atom is 0.287 e. The number of nitrogens with one attached hydrogen (secondary N) is 1. The number of hydrogen-bond acceptors (Lipinski definition) is 4. The molecule has 1 aromatic heterocycles. The summed E-state index contributed by atoms with van der Waals surface area (Å²) in [5.74, 6) is -0.489. The van der Waals surface area contributed by atoms with E-state index in [1.54, 1.807) is 24.3 Å². The molecule has 0 aliphatic carbocycles. The van der Waals surface area contributed by atoms with Crippen LogP contribution in [0.2, 0.25) is 0 Å². The molecule has 0 atom stereocenters. The van der Waals surface area contributed by atoms with Crippen LogP contribution in [0, 0.1) is 0 Å². The molecule has 0 unspecified atom stereocenters. The number of carbonyl (C=O) groups is 2. The minimum Gasteiger partial charge on any atom is -0.450 e. The largest absolute Gasteiger partial charge is 0.450 e. The molecular weight excluding hydrogens is 246 g/mol. The van der Waals surface area contributed by atoms with Gasteiger partial charge in [0.05, 0.1) is 5.39 Å². The summed E-state index contributed by atoms with van der Waals surface area (Å²) in [5, 5.41) is 2.84. The monoisotopic (exact) mass is 259 g/mol. The Morgan fingerprint density at radius 1 is 1.37 bits per heavy atom. The van der Waals surface area contributed by atoms with Crippen molar-refractivity contribution >= 4 is 23.2 Å². The van der Waals surface area contributed by atoms with E-state index < -0.39 is 5.91 Å². The summed E-state index contributed by atoms with van der Waals surface area (Å²) < 4.78 is 5.50. The molecule has 0 saturated heterocycles. The molecule has 19 heavy (non-hydrogen) atoms. The Balaban J connectivity index is 2.72. The Hall–Kier alpha value is -2.43. The molecule has 5 nitrogen and oxygen atoms in total. The number of rotatable bonds is 4. The van der Waals surface area contributed by atoms with Gasteiger partial charge < -0.3 is 14.5 Å². The second-order valence-electron chi connectivity index (χ2n) is 4.02. The van der Waals surface area contributed by atoms with Gasteiger partial charge in [-0.05, 0) is 18.6 Å². The van der Waals surface area contributed by atoms with E-state index in [9.17, 15) is 14.4 Å². The van der Waals surface area contributed by atoms with E-state index in [0.29, 0.717) is 17.3 Å². The van der Waals surface area contributed by atoms with Crippen LogP contribution in [0.1, 0.15) is 22.5 Å². The Bertz CT molecular complexity index is 687. The summed E-state index contributed by atoms with van der Waals surface area (Å²) in [6, 6.07) is 6.72. The molecule has 0 aliphatic heterocycles. The fourth-order valence-electron chi connectivity index (χ4n) is 1.91. The predicted octanol–water partition coefficient (Wildman–Crippen LogP) is 1.28. The van der Waals surface area contributed by atoms with Gasteiger partial charge in [-0.3, -0.25) is 9.59 Å². The normalized spacial score (nSPS) is 10.4. The Labute approximate surface area is 109 Å². The van der Waals surface area contributed by atoms with Gasteiger partial charge in [-0.2, -0.15) is 0 Å². The van der Waals surface area contributed by atoms with Crippen molar-refractivity contribution in [3.8, 4) is 0 Å². The highest BCUT2D eigenvalue weighted by Gasteiger charge is 2.18. The van der Waals surface area contributed by atoms with E-state index in [-0.39, 0.29) is 29.6 Å². The van der Waals surface area contributed by atoms with E-state index in [2.05, 4.69) is 5.32 Å². The van der Waals surface area contributed by atoms with Crippen molar-refractivity contribution in [2.45, 2.75) is 12.8 Å². The van der Waals surface area contributed by atoms with E-state index >= 15 is 0 Å². The summed E-state index contributed by atoms with van der Waals surface area (Å²) in [7, 11) is 1.46. The SMILES string of the molecule is CNC(=O)c1oc2ccccc2c(=O)c1CCC=O. The first-order valence-corrected chi connectivity index (χ1v) is 5.89. The van der Waals surface area contributed by atoms with Crippen molar-refractivity contribution in [3.05, 3.63) is 45.8 Å². The molecule has 1 heterocycles. The molecule has 1 aromatic carbocycles. The minimum atomic E-state index is -0.469. The molecule has 1 amide bonds. The maximum atomic E-state index is 12.3. The molecule has 98 valence electrons. The van der Waals surface area contributed by atoms with Gasteiger partial charge in [0.25, 0.3) is 5.91 Å². The van der Waals surface area contributed by atoms with Crippen LogP contribution in [0.4, 0.5) is 0 Å². The number of carbonyl (C=O) groups excluding carboxylic acids is 2. The standard InChI is InChI=1S/C14H13NO4/c1-15-14(18)13-10(6-4-8-16)12(17)9-5-2-3-7-11(9)19-13/h2-3,5,7-8H,4,6H2,1H3,(H,15,18). The van der Waals surface area contributed by atoms with Crippen molar-refractivity contribution in [1.29, 1.82) is 0 Å². The van der Waals surface area contributed by atoms with Gasteiger partial charge >= 0.3 is 0 Å². The quantitative estimate of drug-likeness (QED) is 0.839. The van der Waals surface area contributed by atoms with Crippen LogP contribution in [-0.4, -0.2) is 19.2 Å². The van der Waals surface area contributed by atoms with Gasteiger partial charge in [0.2, 0.25) is 0 Å². The Morgan fingerprint density at radius 2 is 2.11 bits per heavy atom. The Morgan fingerprint density at radius 3 is 2.79 bits per heavy atom. The zero-order chi connectivity index (χ0) is 13.8. The van der Waals surface area contributed by atoms with Crippen molar-refractivity contribution in [2.24, 2.45) is 0 Å². The molecule has 2 aromatic rings. The van der Waals surface area contributed by atoms with Crippen molar-refractivity contribution in [1.82, 2.24) is 5.32 Å². The Kier molecular flexibility index (Phi) is 3.75. The van der Waals surface area contributed by atoms with Gasteiger partial charge in [0.15, 0.2) is 11.2 Å². The van der Waals surface area contributed by atoms with Crippen LogP contribution in [0.3, 0.4) is 0 Å². The van der Waals surface area contributed by atoms with Crippen LogP contribution < -0.4 is 10.7 Å². The first-order valence-electron chi connectivity index (χ1n) is 5.89. The number of para-hydroxylation sites is 1. The first kappa shape index (κ1) is 13.0. The third kappa shape index (κ3) is 2.40. The number of fused-ring (bicyclic) bond motifs is 1. The van der Waals surface area contributed by atoms with Crippen molar-refractivity contribution in [3.63, 3.8) is 0 Å². The lowest BCUT2D eigenvalue weighted by molar-refractivity contribution is -0.107. The maximum absolute atomic E-state index is 12.3. The van der Waals surface area contributed by atoms with Crippen LogP contribution >= 0.6 is 0 Å². The third-order valence-corrected chi connectivity index (χ3v) is 2.84. The zero-order valence-electron chi connectivity index (χ0n) is 10.4. The summed E-state index contributed by atoms with van der Waals surface area (Å²) in [4.78, 5) is 34.6. The predicted molar refractivity (Wildman–Crippen MR) is 70.3 cm³/mol. The number of aldehydes is 1. The van der Waals surface area contributed by atoms with Crippen LogP contribution in [0.5, 0.6) is 0 Å². The fraction of sp³-hybridized carbons (Fsp3) is 0.214. The third-order valence-electron chi connectivity index (χ3n) is 2.84. The summed E-state index contributed by atoms with van der Waals surface area (Å²) in [6.45, 7) is 0. The van der Waals surface area contributed by atoms with Crippen molar-refractivity contribution < 1.29 is 14.0 Å². The smallest absolute Gasteiger partial charge is 0.287 e. The summed E-state index contributed by atoms with van der Waals surface area (Å²) in [6.07, 6.45) is 1.08. The topological polar surface area (TPSA) is 76.4 Å². The lowest BCUT2D eigenvalue weighted by Crippen LogP contribution is -2.24. The van der Waals surface area contributed by atoms with Crippen LogP contribution in [0.25, 0.3) is 11.0 Å². The van der Waals surface area contributed by atoms with Gasteiger partial charge in [-0.25, -0.2) is 0 Å². The molecule has 0 aliphatic rings. The lowest BCUT2D eigenvalue weighted by atomic mass is 10.1. The molecule has 5 heteroatoms. The molecule has 0 saturated carbocycles. The number of amides is 1. The van der Waals surface area contributed by atoms with Gasteiger partial charge in [0, 0.05) is 19.0 Å². The molecule has 1 N–H and O–H groups in total. The first-order chi connectivity index (χ1) is 9.19.